The van der Waals surface area contributed by atoms with Gasteiger partial charge in [-0.15, -0.1) is 0 Å². The number of rotatable bonds is 7. The number of alkyl halides is 3. The molecule has 0 spiro atoms. The summed E-state index contributed by atoms with van der Waals surface area (Å²) in [6.45, 7) is 9.16. The van der Waals surface area contributed by atoms with E-state index < -0.39 is 11.7 Å². The third-order valence-corrected chi connectivity index (χ3v) is 13.2. The Hall–Kier alpha value is -8.92. The van der Waals surface area contributed by atoms with Gasteiger partial charge in [-0.05, 0) is 116 Å². The van der Waals surface area contributed by atoms with Gasteiger partial charge in [-0.25, -0.2) is 4.85 Å². The molecule has 2 aromatic heterocycles. The van der Waals surface area contributed by atoms with Crippen molar-refractivity contribution in [3.63, 3.8) is 0 Å². The first-order valence-electron chi connectivity index (χ1n) is 22.4. The maximum atomic E-state index is 15.2. The predicted molar refractivity (Wildman–Crippen MR) is 274 cm³/mol. The van der Waals surface area contributed by atoms with Gasteiger partial charge in [0.2, 0.25) is 5.69 Å². The molecule has 2 heterocycles. The highest BCUT2D eigenvalue weighted by atomic mass is 19.4. The first-order valence-corrected chi connectivity index (χ1v) is 22.4. The minimum atomic E-state index is -4.67. The molecule has 6 heteroatoms. The van der Waals surface area contributed by atoms with E-state index in [0.717, 1.165) is 94.2 Å². The summed E-state index contributed by atoms with van der Waals surface area (Å²) in [6.07, 6.45) is -4.67. The molecule has 0 bridgehead atoms. The van der Waals surface area contributed by atoms with E-state index in [4.69, 9.17) is 6.57 Å². The Balaban J connectivity index is 1.20. The molecule has 0 amide bonds. The molecule has 0 aliphatic heterocycles. The highest BCUT2D eigenvalue weighted by molar-refractivity contribution is 6.15. The molecule has 0 aliphatic rings. The summed E-state index contributed by atoms with van der Waals surface area (Å²) in [6, 6.07) is 75.3. The van der Waals surface area contributed by atoms with Gasteiger partial charge in [-0.2, -0.15) is 13.2 Å². The zero-order chi connectivity index (χ0) is 45.9. The lowest BCUT2D eigenvalue weighted by Gasteiger charge is -2.22. The second-order valence-corrected chi connectivity index (χ2v) is 17.0. The number of fused-ring (bicyclic) bond motifs is 6. The van der Waals surface area contributed by atoms with Crippen molar-refractivity contribution in [2.75, 3.05) is 0 Å². The van der Waals surface area contributed by atoms with Crippen LogP contribution < -0.4 is 0 Å². The van der Waals surface area contributed by atoms with Crippen LogP contribution >= 0.6 is 0 Å². The maximum absolute atomic E-state index is 15.2. The van der Waals surface area contributed by atoms with E-state index in [1.165, 1.54) is 12.1 Å². The van der Waals surface area contributed by atoms with Crippen molar-refractivity contribution >= 4 is 49.3 Å². The predicted octanol–water partition coefficient (Wildman–Crippen LogP) is 17.8. The molecule has 10 aromatic carbocycles. The van der Waals surface area contributed by atoms with Gasteiger partial charge in [0, 0.05) is 21.5 Å². The number of aromatic nitrogens is 2. The summed E-state index contributed by atoms with van der Waals surface area (Å²) in [5.74, 6) is 0. The average molecular weight is 882 g/mol. The number of hydrogen-bond acceptors (Lipinski definition) is 0. The van der Waals surface area contributed by atoms with Crippen molar-refractivity contribution in [1.82, 2.24) is 9.13 Å². The van der Waals surface area contributed by atoms with Gasteiger partial charge in [0.15, 0.2) is 0 Å². The lowest BCUT2D eigenvalue weighted by atomic mass is 9.95. The monoisotopic (exact) mass is 881 g/mol. The molecular formula is C62H38F3N3. The number of benzene rings is 10. The molecule has 12 rings (SSSR count). The molecule has 0 aliphatic carbocycles. The van der Waals surface area contributed by atoms with E-state index in [9.17, 15) is 0 Å². The summed E-state index contributed by atoms with van der Waals surface area (Å²) in [5, 5.41) is 3.80. The van der Waals surface area contributed by atoms with E-state index in [2.05, 4.69) is 119 Å². The molecule has 0 saturated carbocycles. The summed E-state index contributed by atoms with van der Waals surface area (Å²) >= 11 is 0. The van der Waals surface area contributed by atoms with E-state index in [1.54, 1.807) is 12.1 Å². The molecule has 68 heavy (non-hydrogen) atoms. The minimum absolute atomic E-state index is 0.00881. The van der Waals surface area contributed by atoms with Gasteiger partial charge in [-0.3, -0.25) is 0 Å². The van der Waals surface area contributed by atoms with Gasteiger partial charge < -0.3 is 9.13 Å². The lowest BCUT2D eigenvalue weighted by molar-refractivity contribution is -0.137. The van der Waals surface area contributed by atoms with E-state index in [-0.39, 0.29) is 11.3 Å². The van der Waals surface area contributed by atoms with Crippen molar-refractivity contribution < 1.29 is 13.2 Å². The topological polar surface area (TPSA) is 14.2 Å². The van der Waals surface area contributed by atoms with E-state index in [1.807, 2.05) is 95.6 Å². The zero-order valence-electron chi connectivity index (χ0n) is 36.4. The van der Waals surface area contributed by atoms with Crippen LogP contribution in [-0.2, 0) is 6.18 Å². The molecular weight excluding hydrogens is 844 g/mol. The smallest absolute Gasteiger partial charge is 0.319 e. The Bertz CT molecular complexity index is 3740. The van der Waals surface area contributed by atoms with Crippen LogP contribution in [0.25, 0.3) is 115 Å². The second kappa shape index (κ2) is 16.2. The molecule has 0 fully saturated rings. The summed E-state index contributed by atoms with van der Waals surface area (Å²) < 4.78 is 49.7. The molecule has 0 unspecified atom stereocenters. The Morgan fingerprint density at radius 1 is 0.338 bits per heavy atom. The van der Waals surface area contributed by atoms with Gasteiger partial charge in [0.1, 0.15) is 0 Å². The van der Waals surface area contributed by atoms with Crippen LogP contribution in [0.15, 0.2) is 231 Å². The van der Waals surface area contributed by atoms with Crippen molar-refractivity contribution in [3.8, 4) is 67.0 Å². The Labute approximate surface area is 390 Å². The number of nitrogens with zero attached hydrogens (tertiary/aromatic N) is 3. The summed E-state index contributed by atoms with van der Waals surface area (Å²) in [7, 11) is 0. The van der Waals surface area contributed by atoms with E-state index >= 15 is 13.2 Å². The number of halogens is 3. The first kappa shape index (κ1) is 40.6. The van der Waals surface area contributed by atoms with Crippen LogP contribution in [0.5, 0.6) is 0 Å². The quantitative estimate of drug-likeness (QED) is 0.142. The fourth-order valence-electron chi connectivity index (χ4n) is 10.1. The third-order valence-electron chi connectivity index (χ3n) is 13.2. The highest BCUT2D eigenvalue weighted by Crippen LogP contribution is 2.49. The van der Waals surface area contributed by atoms with E-state index in [0.29, 0.717) is 16.9 Å². The Morgan fingerprint density at radius 3 is 1.06 bits per heavy atom. The van der Waals surface area contributed by atoms with Gasteiger partial charge in [-0.1, -0.05) is 170 Å². The van der Waals surface area contributed by atoms with Crippen molar-refractivity contribution in [2.45, 2.75) is 6.18 Å². The van der Waals surface area contributed by atoms with Crippen molar-refractivity contribution in [3.05, 3.63) is 248 Å². The Kier molecular flexibility index (Phi) is 9.67. The first-order chi connectivity index (χ1) is 33.3. The normalized spacial score (nSPS) is 11.7. The molecule has 3 nitrogen and oxygen atoms in total. The molecule has 0 atom stereocenters. The van der Waals surface area contributed by atoms with Crippen LogP contribution in [0.3, 0.4) is 0 Å². The van der Waals surface area contributed by atoms with Crippen molar-refractivity contribution in [1.29, 1.82) is 0 Å². The summed E-state index contributed by atoms with van der Waals surface area (Å²) in [5.41, 5.74) is 12.2. The fourth-order valence-corrected chi connectivity index (χ4v) is 10.1. The fraction of sp³-hybridized carbons (Fsp3) is 0.0161. The van der Waals surface area contributed by atoms with Crippen LogP contribution in [0.2, 0.25) is 0 Å². The third kappa shape index (κ3) is 6.75. The Morgan fingerprint density at radius 2 is 0.691 bits per heavy atom. The van der Waals surface area contributed by atoms with Crippen LogP contribution in [-0.4, -0.2) is 9.13 Å². The zero-order valence-corrected chi connectivity index (χ0v) is 36.4. The number of hydrogen-bond donors (Lipinski definition) is 0. The molecule has 322 valence electrons. The van der Waals surface area contributed by atoms with Gasteiger partial charge in [0.05, 0.1) is 45.6 Å². The van der Waals surface area contributed by atoms with Crippen LogP contribution in [0, 0.1) is 6.57 Å². The standard InChI is InChI=1S/C62H38F3N3/c1-66-60-59(67-55-31-26-44(40-16-6-2-7-17-40)36-50(55)51-37-45(27-32-56(51)67)41-18-8-3-9-19-41)35-30-49(48-24-14-15-25-54(48)62(63,64)65)61(60)68-57-33-28-46(42-20-10-4-11-21-42)38-52(57)53-39-47(29-34-58(53)68)43-22-12-5-13-23-43/h2-39H. The average Bonchev–Trinajstić information content (AvgIpc) is 3.90. The van der Waals surface area contributed by atoms with Crippen LogP contribution in [0.4, 0.5) is 18.9 Å². The molecule has 0 N–H and O–H groups in total. The molecule has 12 aromatic rings. The van der Waals surface area contributed by atoms with Crippen LogP contribution in [0.1, 0.15) is 5.56 Å². The molecule has 0 radical (unpaired) electrons. The highest BCUT2D eigenvalue weighted by Gasteiger charge is 2.35. The largest absolute Gasteiger partial charge is 0.417 e. The van der Waals surface area contributed by atoms with Gasteiger partial charge >= 0.3 is 6.18 Å². The van der Waals surface area contributed by atoms with Crippen molar-refractivity contribution in [2.24, 2.45) is 0 Å². The molecule has 0 saturated heterocycles. The minimum Gasteiger partial charge on any atom is -0.319 e. The SMILES string of the molecule is [C-]#[N+]c1c(-n2c3ccc(-c4ccccc4)cc3c3cc(-c4ccccc4)ccc32)ccc(-c2ccccc2C(F)(F)F)c1-n1c2ccc(-c3ccccc3)cc2c2cc(-c3ccccc3)ccc21. The summed E-state index contributed by atoms with van der Waals surface area (Å²) in [4.78, 5) is 4.38. The lowest BCUT2D eigenvalue weighted by Crippen LogP contribution is -2.09. The van der Waals surface area contributed by atoms with Gasteiger partial charge in [0.25, 0.3) is 0 Å². The second-order valence-electron chi connectivity index (χ2n) is 17.0. The maximum Gasteiger partial charge on any atom is 0.417 e.